The van der Waals surface area contributed by atoms with Gasteiger partial charge in [-0.1, -0.05) is 18.6 Å². The highest BCUT2D eigenvalue weighted by Gasteiger charge is 2.22. The summed E-state index contributed by atoms with van der Waals surface area (Å²) in [6.45, 7) is 7.06. The zero-order valence-electron chi connectivity index (χ0n) is 10.9. The summed E-state index contributed by atoms with van der Waals surface area (Å²) in [7, 11) is -3.05. The van der Waals surface area contributed by atoms with Gasteiger partial charge in [-0.3, -0.25) is 0 Å². The van der Waals surface area contributed by atoms with Gasteiger partial charge in [0.25, 0.3) is 0 Å². The molecule has 1 aliphatic heterocycles. The maximum atomic E-state index is 12.0. The largest absolute Gasteiger partial charge is 0.317 e. The fourth-order valence-electron chi connectivity index (χ4n) is 1.92. The average molecular weight is 260 g/mol. The second kappa shape index (κ2) is 7.13. The predicted octanol–water partition coefficient (Wildman–Crippen LogP) is 1.36. The molecule has 1 aliphatic rings. The fourth-order valence-corrected chi connectivity index (χ4v) is 3.48. The van der Waals surface area contributed by atoms with Crippen LogP contribution in [0.5, 0.6) is 0 Å². The minimum absolute atomic E-state index is 0.261. The van der Waals surface area contributed by atoms with Crippen LogP contribution in [0, 0.1) is 0 Å². The zero-order chi connectivity index (χ0) is 12.7. The molecule has 1 rings (SSSR count). The van der Waals surface area contributed by atoms with Gasteiger partial charge in [-0.15, -0.1) is 0 Å². The van der Waals surface area contributed by atoms with Crippen molar-refractivity contribution >= 4 is 10.0 Å². The summed E-state index contributed by atoms with van der Waals surface area (Å²) in [5.74, 6) is 0.261. The summed E-state index contributed by atoms with van der Waals surface area (Å²) in [6.07, 6.45) is 4.75. The molecule has 0 fully saturated rings. The molecule has 0 bridgehead atoms. The molecule has 5 heteroatoms. The van der Waals surface area contributed by atoms with E-state index in [1.807, 2.05) is 6.92 Å². The van der Waals surface area contributed by atoms with Crippen molar-refractivity contribution in [2.75, 3.05) is 31.9 Å². The molecular formula is C12H24N2O2S. The van der Waals surface area contributed by atoms with Crippen LogP contribution in [0.25, 0.3) is 0 Å². The first kappa shape index (κ1) is 14.7. The van der Waals surface area contributed by atoms with Crippen LogP contribution in [0.4, 0.5) is 0 Å². The first-order valence-corrected chi connectivity index (χ1v) is 8.01. The van der Waals surface area contributed by atoms with Gasteiger partial charge in [-0.25, -0.2) is 8.42 Å². The Bertz CT molecular complexity index is 350. The number of hydrogen-bond donors (Lipinski definition) is 1. The summed E-state index contributed by atoms with van der Waals surface area (Å²) >= 11 is 0. The maximum Gasteiger partial charge on any atom is 0.214 e. The van der Waals surface area contributed by atoms with Gasteiger partial charge in [0.15, 0.2) is 0 Å². The third-order valence-electron chi connectivity index (χ3n) is 2.87. The number of rotatable bonds is 7. The highest BCUT2D eigenvalue weighted by Crippen LogP contribution is 2.13. The van der Waals surface area contributed by atoms with Crippen molar-refractivity contribution in [2.45, 2.75) is 33.1 Å². The third-order valence-corrected chi connectivity index (χ3v) is 4.78. The standard InChI is InChI=1S/C12H24N2O2S/c1-3-7-13-8-5-10-17(15,16)14-9-4-6-12(2)11-14/h6,13H,3-5,7-11H2,1-2H3. The lowest BCUT2D eigenvalue weighted by molar-refractivity contribution is 0.426. The van der Waals surface area contributed by atoms with E-state index in [4.69, 9.17) is 0 Å². The molecule has 0 atom stereocenters. The Morgan fingerprint density at radius 3 is 2.82 bits per heavy atom. The number of hydrogen-bond acceptors (Lipinski definition) is 3. The predicted molar refractivity (Wildman–Crippen MR) is 71.5 cm³/mol. The minimum atomic E-state index is -3.05. The van der Waals surface area contributed by atoms with Gasteiger partial charge in [0.1, 0.15) is 0 Å². The second-order valence-electron chi connectivity index (χ2n) is 4.59. The van der Waals surface area contributed by atoms with Gasteiger partial charge in [0, 0.05) is 13.1 Å². The summed E-state index contributed by atoms with van der Waals surface area (Å²) in [6, 6.07) is 0. The Morgan fingerprint density at radius 2 is 2.18 bits per heavy atom. The van der Waals surface area contributed by atoms with Crippen molar-refractivity contribution in [3.8, 4) is 0 Å². The van der Waals surface area contributed by atoms with E-state index in [-0.39, 0.29) is 5.75 Å². The van der Waals surface area contributed by atoms with Crippen LogP contribution >= 0.6 is 0 Å². The van der Waals surface area contributed by atoms with Crippen molar-refractivity contribution in [1.29, 1.82) is 0 Å². The van der Waals surface area contributed by atoms with Crippen LogP contribution in [0.3, 0.4) is 0 Å². The van der Waals surface area contributed by atoms with Crippen molar-refractivity contribution < 1.29 is 8.42 Å². The summed E-state index contributed by atoms with van der Waals surface area (Å²) in [5, 5.41) is 3.23. The van der Waals surface area contributed by atoms with Crippen LogP contribution in [0.1, 0.15) is 33.1 Å². The minimum Gasteiger partial charge on any atom is -0.317 e. The molecule has 17 heavy (non-hydrogen) atoms. The molecule has 0 aromatic carbocycles. The lowest BCUT2D eigenvalue weighted by atomic mass is 10.2. The van der Waals surface area contributed by atoms with Crippen molar-refractivity contribution in [3.63, 3.8) is 0 Å². The molecule has 0 spiro atoms. The van der Waals surface area contributed by atoms with E-state index >= 15 is 0 Å². The first-order valence-electron chi connectivity index (χ1n) is 6.40. The van der Waals surface area contributed by atoms with E-state index in [0.29, 0.717) is 19.5 Å². The Labute approximate surface area is 105 Å². The van der Waals surface area contributed by atoms with Crippen LogP contribution in [0.15, 0.2) is 11.6 Å². The molecule has 0 aromatic heterocycles. The van der Waals surface area contributed by atoms with Crippen LogP contribution in [-0.4, -0.2) is 44.7 Å². The van der Waals surface area contributed by atoms with Gasteiger partial charge < -0.3 is 5.32 Å². The molecule has 0 saturated heterocycles. The Balaban J connectivity index is 2.33. The van der Waals surface area contributed by atoms with Gasteiger partial charge in [-0.2, -0.15) is 4.31 Å². The molecular weight excluding hydrogens is 236 g/mol. The highest BCUT2D eigenvalue weighted by atomic mass is 32.2. The summed E-state index contributed by atoms with van der Waals surface area (Å²) in [4.78, 5) is 0. The molecule has 1 heterocycles. The monoisotopic (exact) mass is 260 g/mol. The fraction of sp³-hybridized carbons (Fsp3) is 0.833. The SMILES string of the molecule is CCCNCCCS(=O)(=O)N1CCC=C(C)C1. The van der Waals surface area contributed by atoms with E-state index in [1.54, 1.807) is 4.31 Å². The highest BCUT2D eigenvalue weighted by molar-refractivity contribution is 7.89. The number of sulfonamides is 1. The Morgan fingerprint density at radius 1 is 1.41 bits per heavy atom. The smallest absolute Gasteiger partial charge is 0.214 e. The molecule has 0 unspecified atom stereocenters. The molecule has 0 saturated carbocycles. The Kier molecular flexibility index (Phi) is 6.16. The molecule has 100 valence electrons. The van der Waals surface area contributed by atoms with Crippen LogP contribution in [-0.2, 0) is 10.0 Å². The quantitative estimate of drug-likeness (QED) is 0.555. The number of nitrogens with zero attached hydrogens (tertiary/aromatic N) is 1. The number of nitrogens with one attached hydrogen (secondary N) is 1. The van der Waals surface area contributed by atoms with Gasteiger partial charge in [0.05, 0.1) is 5.75 Å². The molecule has 0 amide bonds. The maximum absolute atomic E-state index is 12.0. The lowest BCUT2D eigenvalue weighted by Crippen LogP contribution is -2.37. The van der Waals surface area contributed by atoms with Crippen molar-refractivity contribution in [3.05, 3.63) is 11.6 Å². The van der Waals surface area contributed by atoms with Crippen LogP contribution < -0.4 is 5.32 Å². The first-order chi connectivity index (χ1) is 8.06. The van der Waals surface area contributed by atoms with E-state index in [1.165, 1.54) is 0 Å². The zero-order valence-corrected chi connectivity index (χ0v) is 11.7. The summed E-state index contributed by atoms with van der Waals surface area (Å²) < 4.78 is 25.7. The van der Waals surface area contributed by atoms with Crippen molar-refractivity contribution in [2.24, 2.45) is 0 Å². The summed E-state index contributed by atoms with van der Waals surface area (Å²) in [5.41, 5.74) is 1.16. The van der Waals surface area contributed by atoms with E-state index in [9.17, 15) is 8.42 Å². The van der Waals surface area contributed by atoms with E-state index < -0.39 is 10.0 Å². The lowest BCUT2D eigenvalue weighted by Gasteiger charge is -2.25. The molecule has 1 N–H and O–H groups in total. The third kappa shape index (κ3) is 5.19. The molecule has 0 aliphatic carbocycles. The van der Waals surface area contributed by atoms with E-state index in [0.717, 1.165) is 31.5 Å². The second-order valence-corrected chi connectivity index (χ2v) is 6.68. The molecule has 4 nitrogen and oxygen atoms in total. The van der Waals surface area contributed by atoms with E-state index in [2.05, 4.69) is 18.3 Å². The Hall–Kier alpha value is -0.390. The van der Waals surface area contributed by atoms with Crippen molar-refractivity contribution in [1.82, 2.24) is 9.62 Å². The topological polar surface area (TPSA) is 49.4 Å². The van der Waals surface area contributed by atoms with Crippen LogP contribution in [0.2, 0.25) is 0 Å². The van der Waals surface area contributed by atoms with Gasteiger partial charge >= 0.3 is 0 Å². The van der Waals surface area contributed by atoms with Gasteiger partial charge in [-0.05, 0) is 39.3 Å². The molecule has 0 radical (unpaired) electrons. The normalized spacial score (nSPS) is 18.1. The molecule has 0 aromatic rings. The van der Waals surface area contributed by atoms with Gasteiger partial charge in [0.2, 0.25) is 10.0 Å². The average Bonchev–Trinajstić information content (AvgIpc) is 2.29.